The van der Waals surface area contributed by atoms with E-state index in [1.807, 2.05) is 32.0 Å². The van der Waals surface area contributed by atoms with E-state index in [4.69, 9.17) is 4.74 Å². The summed E-state index contributed by atoms with van der Waals surface area (Å²) in [5.74, 6) is -0.727. The van der Waals surface area contributed by atoms with Gasteiger partial charge in [-0.15, -0.1) is 0 Å². The zero-order valence-electron chi connectivity index (χ0n) is 12.3. The molecule has 21 heavy (non-hydrogen) atoms. The van der Waals surface area contributed by atoms with Gasteiger partial charge in [0.2, 0.25) is 0 Å². The Kier molecular flexibility index (Phi) is 4.58. The molecule has 1 amide bonds. The zero-order valence-corrected chi connectivity index (χ0v) is 12.3. The summed E-state index contributed by atoms with van der Waals surface area (Å²) in [4.78, 5) is 12.1. The third-order valence-electron chi connectivity index (χ3n) is 3.15. The van der Waals surface area contributed by atoms with Crippen molar-refractivity contribution >= 4 is 11.6 Å². The van der Waals surface area contributed by atoms with Gasteiger partial charge in [-0.1, -0.05) is 29.8 Å². The number of carbonyl (C=O) groups excluding carboxylic acids is 1. The number of para-hydroxylation sites is 1. The van der Waals surface area contributed by atoms with E-state index in [1.54, 1.807) is 19.1 Å². The predicted octanol–water partition coefficient (Wildman–Crippen LogP) is 3.85. The second-order valence-electron chi connectivity index (χ2n) is 5.00. The molecule has 3 nitrogen and oxygen atoms in total. The van der Waals surface area contributed by atoms with Crippen LogP contribution in [0.3, 0.4) is 0 Å². The summed E-state index contributed by atoms with van der Waals surface area (Å²) >= 11 is 0. The van der Waals surface area contributed by atoms with Gasteiger partial charge in [0, 0.05) is 5.69 Å². The molecule has 110 valence electrons. The molecule has 2 aromatic rings. The van der Waals surface area contributed by atoms with Gasteiger partial charge in [0.15, 0.2) is 17.7 Å². The molecule has 0 radical (unpaired) electrons. The van der Waals surface area contributed by atoms with E-state index in [9.17, 15) is 9.18 Å². The minimum atomic E-state index is -0.789. The van der Waals surface area contributed by atoms with Crippen LogP contribution in [0.2, 0.25) is 0 Å². The molecule has 0 aromatic heterocycles. The van der Waals surface area contributed by atoms with E-state index in [0.29, 0.717) is 0 Å². The van der Waals surface area contributed by atoms with Gasteiger partial charge >= 0.3 is 0 Å². The van der Waals surface area contributed by atoms with Crippen LogP contribution >= 0.6 is 0 Å². The number of rotatable bonds is 4. The van der Waals surface area contributed by atoms with Crippen LogP contribution in [0.25, 0.3) is 0 Å². The first-order valence-corrected chi connectivity index (χ1v) is 6.76. The van der Waals surface area contributed by atoms with Crippen molar-refractivity contribution in [1.82, 2.24) is 0 Å². The van der Waals surface area contributed by atoms with Crippen molar-refractivity contribution < 1.29 is 13.9 Å². The lowest BCUT2D eigenvalue weighted by Crippen LogP contribution is -2.30. The highest BCUT2D eigenvalue weighted by Gasteiger charge is 2.17. The fourth-order valence-electron chi connectivity index (χ4n) is 1.97. The minimum absolute atomic E-state index is 0.0702. The van der Waals surface area contributed by atoms with Crippen molar-refractivity contribution in [1.29, 1.82) is 0 Å². The first-order valence-electron chi connectivity index (χ1n) is 6.76. The number of hydrogen-bond donors (Lipinski definition) is 1. The Labute approximate surface area is 123 Å². The number of aryl methyl sites for hydroxylation is 2. The number of carbonyl (C=O) groups is 1. The van der Waals surface area contributed by atoms with Crippen LogP contribution in [0.1, 0.15) is 18.1 Å². The Morgan fingerprint density at radius 2 is 1.90 bits per heavy atom. The standard InChI is InChI=1S/C17H18FNO2/c1-11-8-9-15(12(2)10-11)19-17(20)13(3)21-16-7-5-4-6-14(16)18/h4-10,13H,1-3H3,(H,19,20). The first kappa shape index (κ1) is 15.0. The average Bonchev–Trinajstić information content (AvgIpc) is 2.44. The van der Waals surface area contributed by atoms with Gasteiger partial charge in [-0.05, 0) is 44.5 Å². The van der Waals surface area contributed by atoms with Crippen molar-refractivity contribution in [3.05, 3.63) is 59.4 Å². The van der Waals surface area contributed by atoms with E-state index in [-0.39, 0.29) is 11.7 Å². The van der Waals surface area contributed by atoms with E-state index in [2.05, 4.69) is 5.32 Å². The summed E-state index contributed by atoms with van der Waals surface area (Å²) in [5.41, 5.74) is 2.83. The SMILES string of the molecule is Cc1ccc(NC(=O)C(C)Oc2ccccc2F)c(C)c1. The van der Waals surface area contributed by atoms with E-state index < -0.39 is 11.9 Å². The zero-order chi connectivity index (χ0) is 15.4. The van der Waals surface area contributed by atoms with E-state index in [1.165, 1.54) is 12.1 Å². The van der Waals surface area contributed by atoms with Gasteiger partial charge in [0.25, 0.3) is 5.91 Å². The van der Waals surface area contributed by atoms with Crippen molar-refractivity contribution in [2.75, 3.05) is 5.32 Å². The second kappa shape index (κ2) is 6.39. The monoisotopic (exact) mass is 287 g/mol. The number of amides is 1. The maximum absolute atomic E-state index is 13.5. The fraction of sp³-hybridized carbons (Fsp3) is 0.235. The Morgan fingerprint density at radius 1 is 1.19 bits per heavy atom. The number of anilines is 1. The number of ether oxygens (including phenoxy) is 1. The van der Waals surface area contributed by atoms with Crippen LogP contribution in [0.5, 0.6) is 5.75 Å². The molecule has 0 aliphatic carbocycles. The third kappa shape index (κ3) is 3.81. The first-order chi connectivity index (χ1) is 9.97. The molecule has 0 saturated heterocycles. The average molecular weight is 287 g/mol. The number of nitrogens with one attached hydrogen (secondary N) is 1. The molecule has 4 heteroatoms. The number of hydrogen-bond acceptors (Lipinski definition) is 2. The third-order valence-corrected chi connectivity index (χ3v) is 3.15. The number of halogens is 1. The van der Waals surface area contributed by atoms with Crippen molar-refractivity contribution in [2.45, 2.75) is 26.9 Å². The van der Waals surface area contributed by atoms with Gasteiger partial charge in [-0.2, -0.15) is 0 Å². The Bertz CT molecular complexity index is 655. The van der Waals surface area contributed by atoms with Crippen molar-refractivity contribution in [3.8, 4) is 5.75 Å². The minimum Gasteiger partial charge on any atom is -0.478 e. The molecule has 1 N–H and O–H groups in total. The molecular formula is C17H18FNO2. The van der Waals surface area contributed by atoms with Gasteiger partial charge in [-0.3, -0.25) is 4.79 Å². The summed E-state index contributed by atoms with van der Waals surface area (Å²) in [6, 6.07) is 11.8. The highest BCUT2D eigenvalue weighted by Crippen LogP contribution is 2.19. The lowest BCUT2D eigenvalue weighted by atomic mass is 10.1. The van der Waals surface area contributed by atoms with Crippen LogP contribution in [-0.4, -0.2) is 12.0 Å². The van der Waals surface area contributed by atoms with Crippen LogP contribution in [0.15, 0.2) is 42.5 Å². The van der Waals surface area contributed by atoms with E-state index >= 15 is 0 Å². The number of benzene rings is 2. The largest absolute Gasteiger partial charge is 0.478 e. The molecule has 0 heterocycles. The topological polar surface area (TPSA) is 38.3 Å². The summed E-state index contributed by atoms with van der Waals surface area (Å²) < 4.78 is 18.8. The summed E-state index contributed by atoms with van der Waals surface area (Å²) in [6.07, 6.45) is -0.789. The highest BCUT2D eigenvalue weighted by molar-refractivity contribution is 5.94. The quantitative estimate of drug-likeness (QED) is 0.927. The smallest absolute Gasteiger partial charge is 0.265 e. The molecule has 0 bridgehead atoms. The maximum atomic E-state index is 13.5. The summed E-state index contributed by atoms with van der Waals surface area (Å²) in [7, 11) is 0. The molecule has 2 aromatic carbocycles. The predicted molar refractivity (Wildman–Crippen MR) is 81.0 cm³/mol. The molecular weight excluding hydrogens is 269 g/mol. The van der Waals surface area contributed by atoms with Crippen LogP contribution < -0.4 is 10.1 Å². The van der Waals surface area contributed by atoms with Gasteiger partial charge in [0.05, 0.1) is 0 Å². The molecule has 0 aliphatic rings. The van der Waals surface area contributed by atoms with Crippen LogP contribution in [0.4, 0.5) is 10.1 Å². The van der Waals surface area contributed by atoms with Crippen LogP contribution in [0, 0.1) is 19.7 Å². The lowest BCUT2D eigenvalue weighted by molar-refractivity contribution is -0.122. The molecule has 0 aliphatic heterocycles. The van der Waals surface area contributed by atoms with Crippen molar-refractivity contribution in [2.24, 2.45) is 0 Å². The van der Waals surface area contributed by atoms with Crippen LogP contribution in [-0.2, 0) is 4.79 Å². The van der Waals surface area contributed by atoms with Gasteiger partial charge in [-0.25, -0.2) is 4.39 Å². The van der Waals surface area contributed by atoms with Gasteiger partial charge in [0.1, 0.15) is 0 Å². The highest BCUT2D eigenvalue weighted by atomic mass is 19.1. The molecule has 0 fully saturated rings. The van der Waals surface area contributed by atoms with Gasteiger partial charge < -0.3 is 10.1 Å². The molecule has 2 rings (SSSR count). The molecule has 0 spiro atoms. The molecule has 0 saturated carbocycles. The Balaban J connectivity index is 2.04. The lowest BCUT2D eigenvalue weighted by Gasteiger charge is -2.16. The Morgan fingerprint density at radius 3 is 2.57 bits per heavy atom. The fourth-order valence-corrected chi connectivity index (χ4v) is 1.97. The molecule has 1 unspecified atom stereocenters. The van der Waals surface area contributed by atoms with Crippen molar-refractivity contribution in [3.63, 3.8) is 0 Å². The Hall–Kier alpha value is -2.36. The molecule has 1 atom stereocenters. The maximum Gasteiger partial charge on any atom is 0.265 e. The van der Waals surface area contributed by atoms with E-state index in [0.717, 1.165) is 16.8 Å². The second-order valence-corrected chi connectivity index (χ2v) is 5.00. The summed E-state index contributed by atoms with van der Waals surface area (Å²) in [5, 5.41) is 2.79. The normalized spacial score (nSPS) is 11.8. The summed E-state index contributed by atoms with van der Waals surface area (Å²) in [6.45, 7) is 5.50.